The zero-order chi connectivity index (χ0) is 15.0. The van der Waals surface area contributed by atoms with Crippen molar-refractivity contribution in [3.63, 3.8) is 0 Å². The van der Waals surface area contributed by atoms with E-state index in [-0.39, 0.29) is 4.90 Å². The first-order valence-electron chi connectivity index (χ1n) is 6.14. The summed E-state index contributed by atoms with van der Waals surface area (Å²) in [4.78, 5) is 7.27. The van der Waals surface area contributed by atoms with E-state index in [1.54, 1.807) is 24.5 Å². The van der Waals surface area contributed by atoms with Crippen molar-refractivity contribution in [2.45, 2.75) is 4.90 Å². The molecule has 108 valence electrons. The van der Waals surface area contributed by atoms with Gasteiger partial charge < -0.3 is 9.72 Å². The van der Waals surface area contributed by atoms with Crippen molar-refractivity contribution < 1.29 is 13.2 Å². The first-order chi connectivity index (χ1) is 10.0. The molecule has 0 aliphatic carbocycles. The number of aromatic amines is 1. The molecule has 0 amide bonds. The lowest BCUT2D eigenvalue weighted by molar-refractivity contribution is 0.416. The molecule has 6 nitrogen and oxygen atoms in total. The predicted octanol–water partition coefficient (Wildman–Crippen LogP) is 1.89. The molecule has 0 fully saturated rings. The number of nitrogens with two attached hydrogens (primary N) is 1. The van der Waals surface area contributed by atoms with E-state index in [9.17, 15) is 8.42 Å². The maximum Gasteiger partial charge on any atom is 0.238 e. The van der Waals surface area contributed by atoms with Gasteiger partial charge in [-0.1, -0.05) is 0 Å². The second-order valence-electron chi connectivity index (χ2n) is 4.51. The Balaban J connectivity index is 2.32. The third-order valence-electron chi connectivity index (χ3n) is 3.25. The molecule has 21 heavy (non-hydrogen) atoms. The fourth-order valence-corrected chi connectivity index (χ4v) is 2.81. The van der Waals surface area contributed by atoms with Gasteiger partial charge in [-0.15, -0.1) is 0 Å². The number of nitrogens with zero attached hydrogens (tertiary/aromatic N) is 1. The molecule has 3 aromatic rings. The quantitative estimate of drug-likeness (QED) is 0.772. The summed E-state index contributed by atoms with van der Waals surface area (Å²) in [7, 11) is -2.24. The standard InChI is InChI=1S/C14H13N3O3S/c1-20-13-3-2-9(21(15,18)19)8-12(13)10-4-6-16-14-11(10)5-7-17-14/h2-8H,1H3,(H,16,17)(H2,15,18,19). The van der Waals surface area contributed by atoms with Crippen molar-refractivity contribution >= 4 is 21.1 Å². The van der Waals surface area contributed by atoms with Gasteiger partial charge in [-0.3, -0.25) is 0 Å². The topological polar surface area (TPSA) is 98.1 Å². The fraction of sp³-hybridized carbons (Fsp3) is 0.0714. The lowest BCUT2D eigenvalue weighted by Crippen LogP contribution is -2.12. The van der Waals surface area contributed by atoms with Crippen LogP contribution in [0.15, 0.2) is 47.6 Å². The Hall–Kier alpha value is -2.38. The summed E-state index contributed by atoms with van der Waals surface area (Å²) >= 11 is 0. The van der Waals surface area contributed by atoms with Crippen LogP contribution in [0.2, 0.25) is 0 Å². The number of aromatic nitrogens is 2. The molecule has 0 spiro atoms. The molecule has 0 unspecified atom stereocenters. The predicted molar refractivity (Wildman–Crippen MR) is 79.5 cm³/mol. The Morgan fingerprint density at radius 2 is 2.00 bits per heavy atom. The van der Waals surface area contributed by atoms with Crippen molar-refractivity contribution in [2.75, 3.05) is 7.11 Å². The molecule has 1 aromatic carbocycles. The molecule has 0 aliphatic rings. The number of hydrogen-bond donors (Lipinski definition) is 2. The van der Waals surface area contributed by atoms with E-state index < -0.39 is 10.0 Å². The van der Waals surface area contributed by atoms with Crippen LogP contribution in [-0.4, -0.2) is 25.5 Å². The summed E-state index contributed by atoms with van der Waals surface area (Å²) < 4.78 is 28.4. The number of benzene rings is 1. The highest BCUT2D eigenvalue weighted by atomic mass is 32.2. The van der Waals surface area contributed by atoms with Gasteiger partial charge in [0, 0.05) is 23.3 Å². The highest BCUT2D eigenvalue weighted by molar-refractivity contribution is 7.89. The van der Waals surface area contributed by atoms with Gasteiger partial charge in [0.2, 0.25) is 10.0 Å². The van der Waals surface area contributed by atoms with Crippen LogP contribution in [0.25, 0.3) is 22.2 Å². The molecule has 3 rings (SSSR count). The largest absolute Gasteiger partial charge is 0.496 e. The minimum Gasteiger partial charge on any atom is -0.496 e. The van der Waals surface area contributed by atoms with Crippen LogP contribution >= 0.6 is 0 Å². The molecule has 2 aromatic heterocycles. The third kappa shape index (κ3) is 2.37. The van der Waals surface area contributed by atoms with E-state index in [1.807, 2.05) is 6.07 Å². The first-order valence-corrected chi connectivity index (χ1v) is 7.68. The van der Waals surface area contributed by atoms with Crippen LogP contribution in [-0.2, 0) is 10.0 Å². The summed E-state index contributed by atoms with van der Waals surface area (Å²) in [6, 6.07) is 8.21. The second kappa shape index (κ2) is 4.87. The Bertz CT molecular complexity index is 916. The van der Waals surface area contributed by atoms with Crippen LogP contribution in [0, 0.1) is 0 Å². The van der Waals surface area contributed by atoms with E-state index in [0.717, 1.165) is 16.6 Å². The van der Waals surface area contributed by atoms with Gasteiger partial charge >= 0.3 is 0 Å². The Morgan fingerprint density at radius 1 is 1.19 bits per heavy atom. The van der Waals surface area contributed by atoms with E-state index in [1.165, 1.54) is 19.2 Å². The number of nitrogens with one attached hydrogen (secondary N) is 1. The summed E-state index contributed by atoms with van der Waals surface area (Å²) in [6.45, 7) is 0. The normalized spacial score (nSPS) is 11.7. The van der Waals surface area contributed by atoms with Crippen LogP contribution in [0.5, 0.6) is 5.75 Å². The van der Waals surface area contributed by atoms with E-state index >= 15 is 0 Å². The Morgan fingerprint density at radius 3 is 2.71 bits per heavy atom. The van der Waals surface area contributed by atoms with Gasteiger partial charge in [0.05, 0.1) is 12.0 Å². The van der Waals surface area contributed by atoms with Crippen LogP contribution < -0.4 is 9.88 Å². The fourth-order valence-electron chi connectivity index (χ4n) is 2.27. The van der Waals surface area contributed by atoms with Crippen molar-refractivity contribution in [3.05, 3.63) is 42.7 Å². The molecule has 3 N–H and O–H groups in total. The minimum absolute atomic E-state index is 0.0406. The average molecular weight is 303 g/mol. The number of methoxy groups -OCH3 is 1. The first kappa shape index (κ1) is 13.6. The molecule has 0 bridgehead atoms. The molecule has 0 aliphatic heterocycles. The van der Waals surface area contributed by atoms with E-state index in [0.29, 0.717) is 11.3 Å². The highest BCUT2D eigenvalue weighted by Crippen LogP contribution is 2.35. The van der Waals surface area contributed by atoms with E-state index in [2.05, 4.69) is 9.97 Å². The van der Waals surface area contributed by atoms with Gasteiger partial charge in [-0.25, -0.2) is 18.5 Å². The summed E-state index contributed by atoms with van der Waals surface area (Å²) in [5.74, 6) is 0.566. The number of sulfonamides is 1. The van der Waals surface area contributed by atoms with Gasteiger partial charge in [0.25, 0.3) is 0 Å². The lowest BCUT2D eigenvalue weighted by atomic mass is 10.0. The number of ether oxygens (including phenoxy) is 1. The van der Waals surface area contributed by atoms with Crippen molar-refractivity contribution in [1.82, 2.24) is 9.97 Å². The highest BCUT2D eigenvalue weighted by Gasteiger charge is 2.15. The second-order valence-corrected chi connectivity index (χ2v) is 6.07. The SMILES string of the molecule is COc1ccc(S(N)(=O)=O)cc1-c1ccnc2[nH]ccc12. The Kier molecular flexibility index (Phi) is 3.15. The van der Waals surface area contributed by atoms with Crippen molar-refractivity contribution in [1.29, 1.82) is 0 Å². The Labute approximate surface area is 121 Å². The smallest absolute Gasteiger partial charge is 0.238 e. The van der Waals surface area contributed by atoms with Crippen LogP contribution in [0.1, 0.15) is 0 Å². The molecule has 0 radical (unpaired) electrons. The maximum absolute atomic E-state index is 11.5. The summed E-state index contributed by atoms with van der Waals surface area (Å²) in [6.07, 6.45) is 3.42. The molecule has 0 atom stereocenters. The van der Waals surface area contributed by atoms with Gasteiger partial charge in [-0.2, -0.15) is 0 Å². The zero-order valence-electron chi connectivity index (χ0n) is 11.2. The third-order valence-corrected chi connectivity index (χ3v) is 4.16. The number of fused-ring (bicyclic) bond motifs is 1. The maximum atomic E-state index is 11.5. The number of primary sulfonamides is 1. The zero-order valence-corrected chi connectivity index (χ0v) is 12.0. The number of hydrogen-bond acceptors (Lipinski definition) is 4. The summed E-state index contributed by atoms with van der Waals surface area (Å²) in [5, 5.41) is 6.08. The molecule has 7 heteroatoms. The van der Waals surface area contributed by atoms with Crippen LogP contribution in [0.3, 0.4) is 0 Å². The molecule has 0 saturated heterocycles. The number of pyridine rings is 1. The molecular formula is C14H13N3O3S. The molecule has 0 saturated carbocycles. The van der Waals surface area contributed by atoms with Gasteiger partial charge in [0.1, 0.15) is 11.4 Å². The number of rotatable bonds is 3. The lowest BCUT2D eigenvalue weighted by Gasteiger charge is -2.11. The van der Waals surface area contributed by atoms with Crippen molar-refractivity contribution in [3.8, 4) is 16.9 Å². The summed E-state index contributed by atoms with van der Waals surface area (Å²) in [5.41, 5.74) is 2.19. The minimum atomic E-state index is -3.78. The molecule has 2 heterocycles. The van der Waals surface area contributed by atoms with Gasteiger partial charge in [0.15, 0.2) is 0 Å². The van der Waals surface area contributed by atoms with Crippen molar-refractivity contribution in [2.24, 2.45) is 5.14 Å². The van der Waals surface area contributed by atoms with E-state index in [4.69, 9.17) is 9.88 Å². The monoisotopic (exact) mass is 303 g/mol. The van der Waals surface area contributed by atoms with Gasteiger partial charge in [-0.05, 0) is 35.9 Å². The average Bonchev–Trinajstić information content (AvgIpc) is 2.94. The number of H-pyrrole nitrogens is 1. The molecular weight excluding hydrogens is 290 g/mol. The van der Waals surface area contributed by atoms with Crippen LogP contribution in [0.4, 0.5) is 0 Å².